The van der Waals surface area contributed by atoms with E-state index in [4.69, 9.17) is 0 Å². The highest BCUT2D eigenvalue weighted by atomic mass is 79.9. The average molecular weight is 289 g/mol. The van der Waals surface area contributed by atoms with Crippen molar-refractivity contribution in [2.24, 2.45) is 5.92 Å². The van der Waals surface area contributed by atoms with Crippen molar-refractivity contribution in [3.05, 3.63) is 20.8 Å². The maximum Gasteiger partial charge on any atom is 0.0701 e. The van der Waals surface area contributed by atoms with Crippen molar-refractivity contribution >= 4 is 27.3 Å². The molecule has 1 aromatic heterocycles. The molecule has 1 aliphatic heterocycles. The Morgan fingerprint density at radius 3 is 2.87 bits per heavy atom. The van der Waals surface area contributed by atoms with E-state index in [1.165, 1.54) is 41.3 Å². The van der Waals surface area contributed by atoms with Crippen LogP contribution in [0.2, 0.25) is 0 Å². The maximum atomic E-state index is 3.50. The second-order valence-electron chi connectivity index (χ2n) is 4.24. The van der Waals surface area contributed by atoms with Crippen LogP contribution >= 0.6 is 27.3 Å². The Labute approximate surface area is 104 Å². The molecule has 2 rings (SSSR count). The van der Waals surface area contributed by atoms with E-state index >= 15 is 0 Å². The highest BCUT2D eigenvalue weighted by Gasteiger charge is 2.18. The molecule has 15 heavy (non-hydrogen) atoms. The third kappa shape index (κ3) is 3.55. The highest BCUT2D eigenvalue weighted by Crippen LogP contribution is 2.22. The van der Waals surface area contributed by atoms with Gasteiger partial charge in [0.2, 0.25) is 0 Å². The van der Waals surface area contributed by atoms with E-state index in [2.05, 4.69) is 45.3 Å². The van der Waals surface area contributed by atoms with E-state index in [-0.39, 0.29) is 0 Å². The summed E-state index contributed by atoms with van der Waals surface area (Å²) in [6, 6.07) is 4.35. The van der Waals surface area contributed by atoms with Crippen LogP contribution in [0.25, 0.3) is 0 Å². The van der Waals surface area contributed by atoms with Gasteiger partial charge in [-0.15, -0.1) is 11.3 Å². The summed E-state index contributed by atoms with van der Waals surface area (Å²) in [5, 5.41) is 3.31. The van der Waals surface area contributed by atoms with Crippen molar-refractivity contribution < 1.29 is 0 Å². The molecule has 1 saturated heterocycles. The van der Waals surface area contributed by atoms with Gasteiger partial charge in [-0.25, -0.2) is 0 Å². The van der Waals surface area contributed by atoms with Crippen LogP contribution in [0.15, 0.2) is 15.9 Å². The molecule has 1 fully saturated rings. The topological polar surface area (TPSA) is 15.3 Å². The first-order valence-corrected chi connectivity index (χ1v) is 6.98. The monoisotopic (exact) mass is 288 g/mol. The summed E-state index contributed by atoms with van der Waals surface area (Å²) in [5.41, 5.74) is 0. The molecule has 0 bridgehead atoms. The first-order valence-electron chi connectivity index (χ1n) is 5.37. The Hall–Kier alpha value is 0.1000. The van der Waals surface area contributed by atoms with E-state index in [9.17, 15) is 0 Å². The number of nitrogens with one attached hydrogen (secondary N) is 1. The zero-order chi connectivity index (χ0) is 10.7. The van der Waals surface area contributed by atoms with Crippen LogP contribution in [0.4, 0.5) is 0 Å². The SMILES string of the molecule is CN(CCc1ccc(Br)s1)CC1CNC1. The molecule has 1 aliphatic rings. The van der Waals surface area contributed by atoms with Gasteiger partial charge in [0.25, 0.3) is 0 Å². The number of nitrogens with zero attached hydrogens (tertiary/aromatic N) is 1. The van der Waals surface area contributed by atoms with E-state index in [0.29, 0.717) is 0 Å². The fourth-order valence-electron chi connectivity index (χ4n) is 1.80. The van der Waals surface area contributed by atoms with Crippen LogP contribution in [0.3, 0.4) is 0 Å². The molecular weight excluding hydrogens is 272 g/mol. The van der Waals surface area contributed by atoms with E-state index in [1.807, 2.05) is 11.3 Å². The van der Waals surface area contributed by atoms with Gasteiger partial charge in [0.1, 0.15) is 0 Å². The first-order chi connectivity index (χ1) is 7.24. The summed E-state index contributed by atoms with van der Waals surface area (Å²) in [7, 11) is 2.22. The van der Waals surface area contributed by atoms with Crippen molar-refractivity contribution in [1.82, 2.24) is 10.2 Å². The summed E-state index contributed by atoms with van der Waals surface area (Å²) < 4.78 is 1.24. The maximum absolute atomic E-state index is 3.50. The van der Waals surface area contributed by atoms with Gasteiger partial charge < -0.3 is 10.2 Å². The van der Waals surface area contributed by atoms with Crippen LogP contribution < -0.4 is 5.32 Å². The lowest BCUT2D eigenvalue weighted by Gasteiger charge is -2.31. The van der Waals surface area contributed by atoms with Crippen molar-refractivity contribution in [2.75, 3.05) is 33.2 Å². The van der Waals surface area contributed by atoms with Crippen molar-refractivity contribution in [1.29, 1.82) is 0 Å². The van der Waals surface area contributed by atoms with Gasteiger partial charge in [-0.3, -0.25) is 0 Å². The fraction of sp³-hybridized carbons (Fsp3) is 0.636. The number of hydrogen-bond donors (Lipinski definition) is 1. The Balaban J connectivity index is 1.68. The lowest BCUT2D eigenvalue weighted by molar-refractivity contribution is 0.226. The number of halogens is 1. The van der Waals surface area contributed by atoms with E-state index < -0.39 is 0 Å². The van der Waals surface area contributed by atoms with Gasteiger partial charge in [-0.1, -0.05) is 0 Å². The minimum absolute atomic E-state index is 0.880. The molecule has 0 aromatic carbocycles. The molecule has 1 aromatic rings. The van der Waals surface area contributed by atoms with Gasteiger partial charge in [-0.05, 0) is 47.4 Å². The van der Waals surface area contributed by atoms with Crippen LogP contribution in [-0.2, 0) is 6.42 Å². The Morgan fingerprint density at radius 1 is 1.53 bits per heavy atom. The quantitative estimate of drug-likeness (QED) is 0.894. The fourth-order valence-corrected chi connectivity index (χ4v) is 3.27. The van der Waals surface area contributed by atoms with Crippen LogP contribution in [0, 0.1) is 5.92 Å². The summed E-state index contributed by atoms with van der Waals surface area (Å²) in [6.45, 7) is 4.81. The molecule has 0 atom stereocenters. The average Bonchev–Trinajstić information content (AvgIpc) is 2.55. The third-order valence-electron chi connectivity index (χ3n) is 2.80. The molecule has 0 aliphatic carbocycles. The molecule has 84 valence electrons. The lowest BCUT2D eigenvalue weighted by atomic mass is 10.0. The van der Waals surface area contributed by atoms with E-state index in [1.54, 1.807) is 0 Å². The summed E-state index contributed by atoms with van der Waals surface area (Å²) in [5.74, 6) is 0.880. The summed E-state index contributed by atoms with van der Waals surface area (Å²) in [4.78, 5) is 3.92. The molecule has 2 heterocycles. The summed E-state index contributed by atoms with van der Waals surface area (Å²) in [6.07, 6.45) is 1.17. The number of hydrogen-bond acceptors (Lipinski definition) is 3. The number of likely N-dealkylation sites (N-methyl/N-ethyl adjacent to an activating group) is 1. The lowest BCUT2D eigenvalue weighted by Crippen LogP contribution is -2.47. The third-order valence-corrected chi connectivity index (χ3v) is 4.49. The van der Waals surface area contributed by atoms with Crippen molar-refractivity contribution in [2.45, 2.75) is 6.42 Å². The number of thiophene rings is 1. The largest absolute Gasteiger partial charge is 0.316 e. The molecule has 4 heteroatoms. The molecule has 0 spiro atoms. The predicted molar refractivity (Wildman–Crippen MR) is 69.6 cm³/mol. The van der Waals surface area contributed by atoms with Gasteiger partial charge >= 0.3 is 0 Å². The van der Waals surface area contributed by atoms with Gasteiger partial charge in [0.15, 0.2) is 0 Å². The van der Waals surface area contributed by atoms with Crippen molar-refractivity contribution in [3.8, 4) is 0 Å². The van der Waals surface area contributed by atoms with Gasteiger partial charge in [0, 0.05) is 31.1 Å². The zero-order valence-electron chi connectivity index (χ0n) is 9.00. The molecule has 1 N–H and O–H groups in total. The minimum Gasteiger partial charge on any atom is -0.316 e. The van der Waals surface area contributed by atoms with E-state index in [0.717, 1.165) is 5.92 Å². The zero-order valence-corrected chi connectivity index (χ0v) is 11.4. The minimum atomic E-state index is 0.880. The molecular formula is C11H17BrN2S. The second kappa shape index (κ2) is 5.43. The standard InChI is InChI=1S/C11H17BrN2S/c1-14(8-9-6-13-7-9)5-4-10-2-3-11(12)15-10/h2-3,9,13H,4-8H2,1H3. The van der Waals surface area contributed by atoms with Crippen LogP contribution in [0.1, 0.15) is 4.88 Å². The summed E-state index contributed by atoms with van der Waals surface area (Å²) >= 11 is 5.34. The predicted octanol–water partition coefficient (Wildman–Crippen LogP) is 2.20. The van der Waals surface area contributed by atoms with Gasteiger partial charge in [0.05, 0.1) is 3.79 Å². The molecule has 0 amide bonds. The van der Waals surface area contributed by atoms with Crippen molar-refractivity contribution in [3.63, 3.8) is 0 Å². The van der Waals surface area contributed by atoms with Crippen LogP contribution in [0.5, 0.6) is 0 Å². The Kier molecular flexibility index (Phi) is 4.20. The first kappa shape index (κ1) is 11.6. The molecule has 0 radical (unpaired) electrons. The normalized spacial score (nSPS) is 17.0. The highest BCUT2D eigenvalue weighted by molar-refractivity contribution is 9.11. The van der Waals surface area contributed by atoms with Crippen LogP contribution in [-0.4, -0.2) is 38.1 Å². The molecule has 0 unspecified atom stereocenters. The second-order valence-corrected chi connectivity index (χ2v) is 6.79. The Bertz CT molecular complexity index is 309. The van der Waals surface area contributed by atoms with Gasteiger partial charge in [-0.2, -0.15) is 0 Å². The number of rotatable bonds is 5. The smallest absolute Gasteiger partial charge is 0.0701 e. The molecule has 0 saturated carbocycles. The Morgan fingerprint density at radius 2 is 2.33 bits per heavy atom. The molecule has 2 nitrogen and oxygen atoms in total.